The minimum Gasteiger partial charge on any atom is -0.481 e. The Hall–Kier alpha value is -2.08. The number of carbonyl (C=O) groups excluding carboxylic acids is 2. The lowest BCUT2D eigenvalue weighted by Gasteiger charge is -2.06. The van der Waals surface area contributed by atoms with Crippen LogP contribution in [0.1, 0.15) is 24.8 Å². The minimum atomic E-state index is -0.963. The standard InChI is InChI=1S/C14H17ClN2O4/c15-11-6-4-10(5-7-11)8-9-16-14(21)17-12(18)2-1-3-13(19)20/h4-7H,1-3,8-9H2,(H,19,20)(H2,16,17,18,21). The molecule has 0 heterocycles. The van der Waals surface area contributed by atoms with Crippen molar-refractivity contribution in [2.24, 2.45) is 0 Å². The molecule has 0 saturated carbocycles. The second kappa shape index (κ2) is 8.97. The Morgan fingerprint density at radius 3 is 2.38 bits per heavy atom. The first-order chi connectivity index (χ1) is 9.97. The van der Waals surface area contributed by atoms with Gasteiger partial charge in [-0.05, 0) is 30.5 Å². The number of carbonyl (C=O) groups is 3. The largest absolute Gasteiger partial charge is 0.481 e. The Kier molecular flexibility index (Phi) is 7.25. The molecule has 1 rings (SSSR count). The highest BCUT2D eigenvalue weighted by Gasteiger charge is 2.08. The second-order valence-electron chi connectivity index (χ2n) is 4.43. The van der Waals surface area contributed by atoms with Gasteiger partial charge in [-0.1, -0.05) is 23.7 Å². The molecule has 3 N–H and O–H groups in total. The van der Waals surface area contributed by atoms with Crippen LogP contribution in [0.2, 0.25) is 5.02 Å². The molecule has 21 heavy (non-hydrogen) atoms. The number of carboxylic acid groups (broad SMARTS) is 1. The van der Waals surface area contributed by atoms with Crippen molar-refractivity contribution in [1.82, 2.24) is 10.6 Å². The molecule has 0 bridgehead atoms. The molecule has 0 aliphatic carbocycles. The third-order valence-corrected chi connectivity index (χ3v) is 2.91. The van der Waals surface area contributed by atoms with Crippen molar-refractivity contribution in [3.8, 4) is 0 Å². The monoisotopic (exact) mass is 312 g/mol. The van der Waals surface area contributed by atoms with Gasteiger partial charge < -0.3 is 10.4 Å². The first kappa shape index (κ1) is 17.0. The van der Waals surface area contributed by atoms with Gasteiger partial charge in [0.1, 0.15) is 0 Å². The molecule has 0 spiro atoms. The maximum atomic E-state index is 11.4. The van der Waals surface area contributed by atoms with Gasteiger partial charge >= 0.3 is 12.0 Å². The van der Waals surface area contributed by atoms with Crippen LogP contribution in [0.15, 0.2) is 24.3 Å². The lowest BCUT2D eigenvalue weighted by Crippen LogP contribution is -2.40. The van der Waals surface area contributed by atoms with Crippen molar-refractivity contribution in [2.45, 2.75) is 25.7 Å². The summed E-state index contributed by atoms with van der Waals surface area (Å²) in [6.45, 7) is 0.385. The molecule has 0 unspecified atom stereocenters. The fourth-order valence-corrected chi connectivity index (χ4v) is 1.73. The number of imide groups is 1. The van der Waals surface area contributed by atoms with Crippen LogP contribution in [0.5, 0.6) is 0 Å². The van der Waals surface area contributed by atoms with Gasteiger partial charge in [-0.3, -0.25) is 14.9 Å². The topological polar surface area (TPSA) is 95.5 Å². The molecule has 1 aromatic carbocycles. The maximum Gasteiger partial charge on any atom is 0.321 e. The van der Waals surface area contributed by atoms with Gasteiger partial charge in [-0.2, -0.15) is 0 Å². The van der Waals surface area contributed by atoms with E-state index in [0.29, 0.717) is 18.0 Å². The minimum absolute atomic E-state index is 0.0108. The number of halogens is 1. The third-order valence-electron chi connectivity index (χ3n) is 2.66. The zero-order valence-corrected chi connectivity index (χ0v) is 12.2. The van der Waals surface area contributed by atoms with Crippen molar-refractivity contribution in [3.63, 3.8) is 0 Å². The fourth-order valence-electron chi connectivity index (χ4n) is 1.60. The third kappa shape index (κ3) is 7.94. The first-order valence-corrected chi connectivity index (χ1v) is 6.89. The molecule has 114 valence electrons. The van der Waals surface area contributed by atoms with Gasteiger partial charge in [0.2, 0.25) is 5.91 Å². The number of urea groups is 1. The van der Waals surface area contributed by atoms with E-state index in [4.69, 9.17) is 16.7 Å². The lowest BCUT2D eigenvalue weighted by molar-refractivity contribution is -0.137. The molecule has 0 aliphatic heterocycles. The zero-order chi connectivity index (χ0) is 15.7. The van der Waals surface area contributed by atoms with Gasteiger partial charge in [0, 0.05) is 24.4 Å². The van der Waals surface area contributed by atoms with Crippen LogP contribution in [0, 0.1) is 0 Å². The number of rotatable bonds is 7. The molecule has 7 heteroatoms. The van der Waals surface area contributed by atoms with Gasteiger partial charge in [0.25, 0.3) is 0 Å². The Balaban J connectivity index is 2.17. The predicted molar refractivity (Wildman–Crippen MR) is 78.2 cm³/mol. The van der Waals surface area contributed by atoms with Crippen molar-refractivity contribution >= 4 is 29.5 Å². The van der Waals surface area contributed by atoms with Crippen molar-refractivity contribution in [1.29, 1.82) is 0 Å². The second-order valence-corrected chi connectivity index (χ2v) is 4.86. The smallest absolute Gasteiger partial charge is 0.321 e. The van der Waals surface area contributed by atoms with E-state index in [1.165, 1.54) is 0 Å². The average Bonchev–Trinajstić information content (AvgIpc) is 2.40. The van der Waals surface area contributed by atoms with Crippen molar-refractivity contribution in [3.05, 3.63) is 34.9 Å². The van der Waals surface area contributed by atoms with E-state index in [2.05, 4.69) is 10.6 Å². The van der Waals surface area contributed by atoms with E-state index < -0.39 is 17.9 Å². The van der Waals surface area contributed by atoms with E-state index in [0.717, 1.165) is 5.56 Å². The molecule has 1 aromatic rings. The summed E-state index contributed by atoms with van der Waals surface area (Å²) in [4.78, 5) is 33.0. The van der Waals surface area contributed by atoms with Crippen molar-refractivity contribution < 1.29 is 19.5 Å². The predicted octanol–water partition coefficient (Wildman–Crippen LogP) is 1.96. The van der Waals surface area contributed by atoms with Gasteiger partial charge in [0.05, 0.1) is 0 Å². The maximum absolute atomic E-state index is 11.4. The number of hydrogen-bond donors (Lipinski definition) is 3. The van der Waals surface area contributed by atoms with E-state index in [1.807, 2.05) is 12.1 Å². The molecule has 0 fully saturated rings. The highest BCUT2D eigenvalue weighted by molar-refractivity contribution is 6.30. The van der Waals surface area contributed by atoms with E-state index in [-0.39, 0.29) is 19.3 Å². The summed E-state index contributed by atoms with van der Waals surface area (Å²) in [6, 6.07) is 6.67. The summed E-state index contributed by atoms with van der Waals surface area (Å²) >= 11 is 5.76. The molecule has 0 saturated heterocycles. The van der Waals surface area contributed by atoms with Crippen LogP contribution in [-0.4, -0.2) is 29.6 Å². The van der Waals surface area contributed by atoms with Crippen LogP contribution >= 0.6 is 11.6 Å². The molecule has 6 nitrogen and oxygen atoms in total. The van der Waals surface area contributed by atoms with Gasteiger partial charge in [-0.15, -0.1) is 0 Å². The van der Waals surface area contributed by atoms with Gasteiger partial charge in [-0.25, -0.2) is 4.79 Å². The fraction of sp³-hybridized carbons (Fsp3) is 0.357. The number of aliphatic carboxylic acids is 1. The van der Waals surface area contributed by atoms with Crippen LogP contribution in [0.4, 0.5) is 4.79 Å². The lowest BCUT2D eigenvalue weighted by atomic mass is 10.1. The van der Waals surface area contributed by atoms with Crippen molar-refractivity contribution in [2.75, 3.05) is 6.54 Å². The Morgan fingerprint density at radius 1 is 1.10 bits per heavy atom. The molecule has 0 atom stereocenters. The summed E-state index contributed by atoms with van der Waals surface area (Å²) in [5, 5.41) is 13.8. The molecule has 3 amide bonds. The van der Waals surface area contributed by atoms with E-state index >= 15 is 0 Å². The molecule has 0 aromatic heterocycles. The number of amides is 3. The Labute approximate surface area is 127 Å². The zero-order valence-electron chi connectivity index (χ0n) is 11.4. The Bertz CT molecular complexity index is 502. The first-order valence-electron chi connectivity index (χ1n) is 6.51. The van der Waals surface area contributed by atoms with Crippen LogP contribution in [0.25, 0.3) is 0 Å². The summed E-state index contributed by atoms with van der Waals surface area (Å²) in [5.41, 5.74) is 1.02. The van der Waals surface area contributed by atoms with E-state index in [1.54, 1.807) is 12.1 Å². The molecule has 0 aliphatic rings. The number of carboxylic acids is 1. The number of hydrogen-bond acceptors (Lipinski definition) is 3. The van der Waals surface area contributed by atoms with Crippen LogP contribution < -0.4 is 10.6 Å². The summed E-state index contributed by atoms with van der Waals surface area (Å²) in [7, 11) is 0. The molecular formula is C14H17ClN2O4. The normalized spacial score (nSPS) is 9.95. The molecular weight excluding hydrogens is 296 g/mol. The van der Waals surface area contributed by atoms with E-state index in [9.17, 15) is 14.4 Å². The quantitative estimate of drug-likeness (QED) is 0.717. The SMILES string of the molecule is O=C(O)CCCC(=O)NC(=O)NCCc1ccc(Cl)cc1. The summed E-state index contributed by atoms with van der Waals surface area (Å²) < 4.78 is 0. The summed E-state index contributed by atoms with van der Waals surface area (Å²) in [6.07, 6.45) is 0.750. The highest BCUT2D eigenvalue weighted by Crippen LogP contribution is 2.09. The molecule has 0 radical (unpaired) electrons. The van der Waals surface area contributed by atoms with Crippen LogP contribution in [0.3, 0.4) is 0 Å². The number of nitrogens with one attached hydrogen (secondary N) is 2. The highest BCUT2D eigenvalue weighted by atomic mass is 35.5. The Morgan fingerprint density at radius 2 is 1.76 bits per heavy atom. The average molecular weight is 313 g/mol. The van der Waals surface area contributed by atoms with Gasteiger partial charge in [0.15, 0.2) is 0 Å². The number of benzene rings is 1. The summed E-state index contributed by atoms with van der Waals surface area (Å²) in [5.74, 6) is -1.45. The van der Waals surface area contributed by atoms with Crippen LogP contribution in [-0.2, 0) is 16.0 Å².